The Kier molecular flexibility index (Phi) is 8.08. The molecule has 0 aliphatic rings. The summed E-state index contributed by atoms with van der Waals surface area (Å²) in [4.78, 5) is 24.0. The van der Waals surface area contributed by atoms with Crippen molar-refractivity contribution < 1.29 is 19.4 Å². The fourth-order valence-corrected chi connectivity index (χ4v) is 4.87. The van der Waals surface area contributed by atoms with Gasteiger partial charge in [0.05, 0.1) is 7.14 Å². The molecule has 0 saturated heterocycles. The first-order valence-electron chi connectivity index (χ1n) is 9.32. The molecule has 0 aliphatic carbocycles. The third-order valence-electron chi connectivity index (χ3n) is 4.35. The second kappa shape index (κ2) is 10.8. The van der Waals surface area contributed by atoms with Gasteiger partial charge in [-0.25, -0.2) is 4.79 Å². The third kappa shape index (κ3) is 6.54. The molecule has 0 fully saturated rings. The normalized spacial score (nSPS) is 11.1. The maximum Gasteiger partial charge on any atom is 0.352 e. The van der Waals surface area contributed by atoms with Crippen LogP contribution < -0.4 is 10.1 Å². The first-order chi connectivity index (χ1) is 14.8. The van der Waals surface area contributed by atoms with Crippen LogP contribution in [0.5, 0.6) is 5.75 Å². The van der Waals surface area contributed by atoms with E-state index in [1.165, 1.54) is 11.6 Å². The summed E-state index contributed by atoms with van der Waals surface area (Å²) >= 11 is 4.33. The van der Waals surface area contributed by atoms with Gasteiger partial charge in [0.2, 0.25) is 0 Å². The first kappa shape index (κ1) is 23.3. The van der Waals surface area contributed by atoms with Crippen molar-refractivity contribution in [3.05, 3.63) is 102 Å². The average molecular weight is 639 g/mol. The summed E-state index contributed by atoms with van der Waals surface area (Å²) in [6, 6.07) is 20.3. The van der Waals surface area contributed by atoms with Gasteiger partial charge >= 0.3 is 5.97 Å². The number of carbonyl (C=O) groups excluding carboxylic acids is 1. The lowest BCUT2D eigenvalue weighted by Gasteiger charge is -2.12. The van der Waals surface area contributed by atoms with Crippen LogP contribution >= 0.6 is 45.2 Å². The van der Waals surface area contributed by atoms with E-state index in [0.717, 1.165) is 18.5 Å². The summed E-state index contributed by atoms with van der Waals surface area (Å²) in [5.74, 6) is -0.949. The number of aliphatic carboxylic acids is 1. The van der Waals surface area contributed by atoms with Gasteiger partial charge in [-0.15, -0.1) is 0 Å². The van der Waals surface area contributed by atoms with Gasteiger partial charge < -0.3 is 15.2 Å². The molecule has 0 radical (unpaired) electrons. The van der Waals surface area contributed by atoms with Crippen LogP contribution in [0.2, 0.25) is 0 Å². The molecular weight excluding hydrogens is 620 g/mol. The molecule has 0 aliphatic heterocycles. The van der Waals surface area contributed by atoms with Crippen molar-refractivity contribution in [1.82, 2.24) is 5.32 Å². The SMILES string of the molecule is Cc1ccc(COc2c(I)cc(/C=C(/NC(=O)c3ccccc3)C(=O)O)cc2I)cc1. The minimum absolute atomic E-state index is 0.200. The van der Waals surface area contributed by atoms with Gasteiger partial charge in [-0.3, -0.25) is 4.79 Å². The minimum Gasteiger partial charge on any atom is -0.487 e. The second-order valence-corrected chi connectivity index (χ2v) is 9.10. The van der Waals surface area contributed by atoms with Crippen molar-refractivity contribution in [3.63, 3.8) is 0 Å². The Morgan fingerprint density at radius 2 is 1.61 bits per heavy atom. The summed E-state index contributed by atoms with van der Waals surface area (Å²) in [7, 11) is 0. The highest BCUT2D eigenvalue weighted by molar-refractivity contribution is 14.1. The zero-order valence-electron chi connectivity index (χ0n) is 16.6. The highest BCUT2D eigenvalue weighted by Crippen LogP contribution is 2.30. The highest BCUT2D eigenvalue weighted by Gasteiger charge is 2.15. The van der Waals surface area contributed by atoms with Crippen LogP contribution in [0.3, 0.4) is 0 Å². The molecule has 31 heavy (non-hydrogen) atoms. The number of aryl methyl sites for hydroxylation is 1. The van der Waals surface area contributed by atoms with E-state index in [-0.39, 0.29) is 5.70 Å². The van der Waals surface area contributed by atoms with Gasteiger partial charge in [0, 0.05) is 5.56 Å². The summed E-state index contributed by atoms with van der Waals surface area (Å²) < 4.78 is 7.70. The van der Waals surface area contributed by atoms with Crippen molar-refractivity contribution in [2.24, 2.45) is 0 Å². The van der Waals surface area contributed by atoms with Crippen LogP contribution in [0.25, 0.3) is 6.08 Å². The summed E-state index contributed by atoms with van der Waals surface area (Å²) in [5.41, 5.74) is 3.10. The number of ether oxygens (including phenoxy) is 1. The van der Waals surface area contributed by atoms with Crippen LogP contribution in [0, 0.1) is 14.1 Å². The maximum absolute atomic E-state index is 12.3. The number of rotatable bonds is 7. The third-order valence-corrected chi connectivity index (χ3v) is 5.95. The predicted octanol–water partition coefficient (Wildman–Crippen LogP) is 5.64. The van der Waals surface area contributed by atoms with Gasteiger partial charge in [0.25, 0.3) is 5.91 Å². The van der Waals surface area contributed by atoms with Gasteiger partial charge in [0.15, 0.2) is 0 Å². The Hall–Kier alpha value is -2.40. The standard InChI is InChI=1S/C24H19I2NO4/c1-15-7-9-16(10-8-15)14-31-22-19(25)11-17(12-20(22)26)13-21(24(29)30)27-23(28)18-5-3-2-4-6-18/h2-13H,14H2,1H3,(H,27,28)(H,29,30)/b21-13+. The lowest BCUT2D eigenvalue weighted by atomic mass is 10.1. The van der Waals surface area contributed by atoms with Crippen molar-refractivity contribution in [1.29, 1.82) is 0 Å². The van der Waals surface area contributed by atoms with Crippen LogP contribution in [0.1, 0.15) is 27.0 Å². The fraction of sp³-hybridized carbons (Fsp3) is 0.0833. The Balaban J connectivity index is 1.79. The average Bonchev–Trinajstić information content (AvgIpc) is 2.74. The lowest BCUT2D eigenvalue weighted by Crippen LogP contribution is -2.27. The molecule has 0 heterocycles. The van der Waals surface area contributed by atoms with Gasteiger partial charge in [-0.1, -0.05) is 48.0 Å². The van der Waals surface area contributed by atoms with Crippen molar-refractivity contribution >= 4 is 63.1 Å². The highest BCUT2D eigenvalue weighted by atomic mass is 127. The predicted molar refractivity (Wildman–Crippen MR) is 137 cm³/mol. The molecule has 3 aromatic carbocycles. The topological polar surface area (TPSA) is 75.6 Å². The molecule has 0 saturated carbocycles. The molecule has 158 valence electrons. The largest absolute Gasteiger partial charge is 0.487 e. The molecule has 0 atom stereocenters. The monoisotopic (exact) mass is 639 g/mol. The molecule has 0 aromatic heterocycles. The number of halogens is 2. The van der Waals surface area contributed by atoms with E-state index in [1.54, 1.807) is 30.3 Å². The van der Waals surface area contributed by atoms with Gasteiger partial charge in [0.1, 0.15) is 18.1 Å². The number of hydrogen-bond acceptors (Lipinski definition) is 3. The van der Waals surface area contributed by atoms with Crippen molar-refractivity contribution in [3.8, 4) is 5.75 Å². The molecule has 5 nitrogen and oxygen atoms in total. The van der Waals surface area contributed by atoms with Crippen molar-refractivity contribution in [2.45, 2.75) is 13.5 Å². The van der Waals surface area contributed by atoms with E-state index in [2.05, 4.69) is 50.5 Å². The number of nitrogens with one attached hydrogen (secondary N) is 1. The van der Waals surface area contributed by atoms with E-state index in [9.17, 15) is 14.7 Å². The van der Waals surface area contributed by atoms with E-state index in [0.29, 0.717) is 17.7 Å². The van der Waals surface area contributed by atoms with E-state index in [4.69, 9.17) is 4.74 Å². The summed E-state index contributed by atoms with van der Waals surface area (Å²) in [6.07, 6.45) is 1.44. The van der Waals surface area contributed by atoms with Crippen LogP contribution in [0.15, 0.2) is 72.4 Å². The molecular formula is C24H19I2NO4. The number of hydrogen-bond donors (Lipinski definition) is 2. The van der Waals surface area contributed by atoms with Crippen LogP contribution in [-0.4, -0.2) is 17.0 Å². The zero-order chi connectivity index (χ0) is 22.4. The lowest BCUT2D eigenvalue weighted by molar-refractivity contribution is -0.132. The Bertz CT molecular complexity index is 1100. The second-order valence-electron chi connectivity index (χ2n) is 6.77. The number of benzene rings is 3. The number of carbonyl (C=O) groups is 2. The fourth-order valence-electron chi connectivity index (χ4n) is 2.74. The van der Waals surface area contributed by atoms with Gasteiger partial charge in [-0.2, -0.15) is 0 Å². The van der Waals surface area contributed by atoms with Crippen molar-refractivity contribution in [2.75, 3.05) is 0 Å². The number of carboxylic acids is 1. The number of carboxylic acid groups (broad SMARTS) is 1. The molecule has 3 rings (SSSR count). The van der Waals surface area contributed by atoms with Gasteiger partial charge in [-0.05, 0) is 93.6 Å². The molecule has 7 heteroatoms. The molecule has 2 N–H and O–H groups in total. The molecule has 0 spiro atoms. The summed E-state index contributed by atoms with van der Waals surface area (Å²) in [6.45, 7) is 2.48. The molecule has 0 unspecified atom stereocenters. The van der Waals surface area contributed by atoms with E-state index < -0.39 is 11.9 Å². The zero-order valence-corrected chi connectivity index (χ0v) is 20.9. The minimum atomic E-state index is -1.21. The summed E-state index contributed by atoms with van der Waals surface area (Å²) in [5, 5.41) is 12.0. The Morgan fingerprint density at radius 1 is 1.00 bits per heavy atom. The number of amides is 1. The Labute approximate surface area is 207 Å². The Morgan fingerprint density at radius 3 is 2.19 bits per heavy atom. The van der Waals surface area contributed by atoms with Crippen LogP contribution in [-0.2, 0) is 11.4 Å². The van der Waals surface area contributed by atoms with E-state index in [1.807, 2.05) is 43.3 Å². The quantitative estimate of drug-likeness (QED) is 0.260. The maximum atomic E-state index is 12.3. The van der Waals surface area contributed by atoms with Crippen LogP contribution in [0.4, 0.5) is 0 Å². The van der Waals surface area contributed by atoms with E-state index >= 15 is 0 Å². The molecule has 0 bridgehead atoms. The molecule has 3 aromatic rings. The smallest absolute Gasteiger partial charge is 0.352 e. The first-order valence-corrected chi connectivity index (χ1v) is 11.5. The molecule has 1 amide bonds.